The molecule has 19 heavy (non-hydrogen) atoms. The Balaban J connectivity index is 2.06. The van der Waals surface area contributed by atoms with Crippen molar-refractivity contribution in [3.8, 4) is 0 Å². The van der Waals surface area contributed by atoms with Gasteiger partial charge in [0.15, 0.2) is 0 Å². The molecular weight excluding hydrogens is 260 g/mol. The summed E-state index contributed by atoms with van der Waals surface area (Å²) in [6.07, 6.45) is 0.864. The Hall–Kier alpha value is -1.13. The van der Waals surface area contributed by atoms with E-state index in [1.54, 1.807) is 24.3 Å². The van der Waals surface area contributed by atoms with E-state index in [4.69, 9.17) is 4.74 Å². The Morgan fingerprint density at radius 1 is 1.21 bits per heavy atom. The summed E-state index contributed by atoms with van der Waals surface area (Å²) in [6.45, 7) is 5.21. The van der Waals surface area contributed by atoms with Gasteiger partial charge in [0.1, 0.15) is 0 Å². The molecule has 0 amide bonds. The van der Waals surface area contributed by atoms with E-state index in [0.717, 1.165) is 12.0 Å². The zero-order chi connectivity index (χ0) is 13.7. The minimum atomic E-state index is -3.39. The molecule has 2 aliphatic rings. The van der Waals surface area contributed by atoms with E-state index >= 15 is 0 Å². The van der Waals surface area contributed by atoms with Crippen LogP contribution in [-0.4, -0.2) is 21.6 Å². The summed E-state index contributed by atoms with van der Waals surface area (Å²) >= 11 is 0. The van der Waals surface area contributed by atoms with Crippen molar-refractivity contribution in [1.29, 1.82) is 0 Å². The van der Waals surface area contributed by atoms with Crippen LogP contribution in [0.1, 0.15) is 20.3 Å². The van der Waals surface area contributed by atoms with Crippen LogP contribution in [0.2, 0.25) is 0 Å². The first-order chi connectivity index (χ1) is 8.93. The average molecular weight is 278 g/mol. The van der Waals surface area contributed by atoms with E-state index in [-0.39, 0.29) is 17.9 Å². The Morgan fingerprint density at radius 2 is 1.89 bits per heavy atom. The standard InChI is InChI=1S/C15H18O3S/c1-15(2)8-12-13(15)9-18-10-14(12)19(16,17)11-6-4-3-5-7-11/h3-7,13H,8-10H2,1-2H3. The fourth-order valence-electron chi connectivity index (χ4n) is 3.05. The van der Waals surface area contributed by atoms with E-state index in [0.29, 0.717) is 16.4 Å². The molecule has 1 unspecified atom stereocenters. The van der Waals surface area contributed by atoms with Crippen LogP contribution in [0.4, 0.5) is 0 Å². The quantitative estimate of drug-likeness (QED) is 0.835. The molecule has 0 radical (unpaired) electrons. The molecule has 3 rings (SSSR count). The predicted molar refractivity (Wildman–Crippen MR) is 73.4 cm³/mol. The number of hydrogen-bond donors (Lipinski definition) is 0. The molecule has 0 spiro atoms. The van der Waals surface area contributed by atoms with Gasteiger partial charge in [-0.1, -0.05) is 32.0 Å². The lowest BCUT2D eigenvalue weighted by molar-refractivity contribution is 0.0204. The van der Waals surface area contributed by atoms with Crippen LogP contribution in [0.3, 0.4) is 0 Å². The van der Waals surface area contributed by atoms with Gasteiger partial charge < -0.3 is 4.74 Å². The third-order valence-corrected chi connectivity index (χ3v) is 6.19. The molecule has 1 aromatic rings. The SMILES string of the molecule is CC1(C)CC2=C(S(=O)(=O)c3ccccc3)COCC21. The number of rotatable bonds is 2. The first-order valence-corrected chi connectivity index (χ1v) is 8.01. The number of ether oxygens (including phenoxy) is 1. The first kappa shape index (κ1) is 12.9. The lowest BCUT2D eigenvalue weighted by Gasteiger charge is -2.50. The van der Waals surface area contributed by atoms with Crippen molar-refractivity contribution in [3.05, 3.63) is 40.8 Å². The summed E-state index contributed by atoms with van der Waals surface area (Å²) in [5.74, 6) is 0.259. The van der Waals surface area contributed by atoms with Gasteiger partial charge in [-0.3, -0.25) is 0 Å². The molecule has 0 N–H and O–H groups in total. The molecule has 1 aromatic carbocycles. The minimum absolute atomic E-state index is 0.160. The van der Waals surface area contributed by atoms with Crippen LogP contribution in [0.15, 0.2) is 45.7 Å². The molecule has 1 heterocycles. The molecule has 0 aromatic heterocycles. The van der Waals surface area contributed by atoms with Crippen molar-refractivity contribution >= 4 is 9.84 Å². The molecule has 4 heteroatoms. The van der Waals surface area contributed by atoms with E-state index in [2.05, 4.69) is 13.8 Å². The van der Waals surface area contributed by atoms with Crippen LogP contribution in [0.5, 0.6) is 0 Å². The second-order valence-electron chi connectivity index (χ2n) is 6.00. The van der Waals surface area contributed by atoms with Gasteiger partial charge in [-0.05, 0) is 29.5 Å². The van der Waals surface area contributed by atoms with Crippen LogP contribution in [-0.2, 0) is 14.6 Å². The smallest absolute Gasteiger partial charge is 0.205 e. The molecule has 3 nitrogen and oxygen atoms in total. The molecule has 1 atom stereocenters. The largest absolute Gasteiger partial charge is 0.375 e. The molecular formula is C15H18O3S. The zero-order valence-electron chi connectivity index (χ0n) is 11.2. The Labute approximate surface area is 114 Å². The summed E-state index contributed by atoms with van der Waals surface area (Å²) in [4.78, 5) is 0.862. The highest BCUT2D eigenvalue weighted by atomic mass is 32.2. The lowest BCUT2D eigenvalue weighted by Crippen LogP contribution is -2.45. The van der Waals surface area contributed by atoms with Crippen LogP contribution in [0.25, 0.3) is 0 Å². The summed E-state index contributed by atoms with van der Waals surface area (Å²) in [7, 11) is -3.39. The van der Waals surface area contributed by atoms with E-state index < -0.39 is 9.84 Å². The van der Waals surface area contributed by atoms with Crippen molar-refractivity contribution in [2.24, 2.45) is 11.3 Å². The molecule has 102 valence electrons. The topological polar surface area (TPSA) is 43.4 Å². The molecule has 0 saturated heterocycles. The third kappa shape index (κ3) is 1.94. The van der Waals surface area contributed by atoms with Crippen LogP contribution >= 0.6 is 0 Å². The fourth-order valence-corrected chi connectivity index (χ4v) is 4.65. The molecule has 1 fully saturated rings. The van der Waals surface area contributed by atoms with Gasteiger partial charge in [0.05, 0.1) is 23.0 Å². The van der Waals surface area contributed by atoms with E-state index in [1.807, 2.05) is 6.07 Å². The summed E-state index contributed by atoms with van der Waals surface area (Å²) in [6, 6.07) is 8.63. The van der Waals surface area contributed by atoms with Crippen molar-refractivity contribution in [2.75, 3.05) is 13.2 Å². The number of sulfone groups is 1. The van der Waals surface area contributed by atoms with Gasteiger partial charge in [-0.15, -0.1) is 0 Å². The summed E-state index contributed by atoms with van der Waals surface area (Å²) in [5.41, 5.74) is 1.24. The molecule has 0 bridgehead atoms. The number of fused-ring (bicyclic) bond motifs is 1. The minimum Gasteiger partial charge on any atom is -0.375 e. The monoisotopic (exact) mass is 278 g/mol. The van der Waals surface area contributed by atoms with Crippen molar-refractivity contribution in [2.45, 2.75) is 25.2 Å². The van der Waals surface area contributed by atoms with Gasteiger partial charge in [-0.2, -0.15) is 0 Å². The van der Waals surface area contributed by atoms with Gasteiger partial charge in [0.2, 0.25) is 9.84 Å². The Bertz CT molecular complexity index is 627. The highest BCUT2D eigenvalue weighted by Crippen LogP contribution is 2.54. The Kier molecular flexibility index (Phi) is 2.84. The highest BCUT2D eigenvalue weighted by molar-refractivity contribution is 7.95. The van der Waals surface area contributed by atoms with Crippen molar-refractivity contribution < 1.29 is 13.2 Å². The maximum atomic E-state index is 12.7. The van der Waals surface area contributed by atoms with Crippen LogP contribution in [0, 0.1) is 11.3 Å². The van der Waals surface area contributed by atoms with Gasteiger partial charge in [0, 0.05) is 5.92 Å². The highest BCUT2D eigenvalue weighted by Gasteiger charge is 2.48. The second kappa shape index (κ2) is 4.18. The fraction of sp³-hybridized carbons (Fsp3) is 0.467. The van der Waals surface area contributed by atoms with Gasteiger partial charge in [0.25, 0.3) is 0 Å². The first-order valence-electron chi connectivity index (χ1n) is 6.53. The average Bonchev–Trinajstić information content (AvgIpc) is 2.38. The van der Waals surface area contributed by atoms with Crippen molar-refractivity contribution in [1.82, 2.24) is 0 Å². The van der Waals surface area contributed by atoms with Gasteiger partial charge >= 0.3 is 0 Å². The third-order valence-electron chi connectivity index (χ3n) is 4.26. The maximum absolute atomic E-state index is 12.7. The number of benzene rings is 1. The van der Waals surface area contributed by atoms with Crippen LogP contribution < -0.4 is 0 Å². The molecule has 1 aliphatic carbocycles. The predicted octanol–water partition coefficient (Wildman–Crippen LogP) is 2.79. The normalized spacial score (nSPS) is 25.7. The molecule has 1 saturated carbocycles. The van der Waals surface area contributed by atoms with Crippen molar-refractivity contribution in [3.63, 3.8) is 0 Å². The molecule has 1 aliphatic heterocycles. The lowest BCUT2D eigenvalue weighted by atomic mass is 9.59. The Morgan fingerprint density at radius 3 is 2.53 bits per heavy atom. The zero-order valence-corrected chi connectivity index (χ0v) is 12.0. The van der Waals surface area contributed by atoms with E-state index in [1.165, 1.54) is 0 Å². The van der Waals surface area contributed by atoms with Gasteiger partial charge in [-0.25, -0.2) is 8.42 Å². The van der Waals surface area contributed by atoms with E-state index in [9.17, 15) is 8.42 Å². The summed E-state index contributed by atoms with van der Waals surface area (Å²) < 4.78 is 30.8. The number of hydrogen-bond acceptors (Lipinski definition) is 3. The maximum Gasteiger partial charge on any atom is 0.205 e. The summed E-state index contributed by atoms with van der Waals surface area (Å²) in [5, 5.41) is 0. The second-order valence-corrected chi connectivity index (χ2v) is 7.97.